The van der Waals surface area contributed by atoms with Crippen LogP contribution in [0.3, 0.4) is 0 Å². The molecule has 0 saturated carbocycles. The third-order valence-electron chi connectivity index (χ3n) is 12.0. The van der Waals surface area contributed by atoms with Crippen LogP contribution in [0.2, 0.25) is 118 Å². The van der Waals surface area contributed by atoms with Gasteiger partial charge in [0.15, 0.2) is 0 Å². The molecule has 0 bridgehead atoms. The molecule has 0 spiro atoms. The van der Waals surface area contributed by atoms with Gasteiger partial charge in [0.25, 0.3) is 0 Å². The Morgan fingerprint density at radius 3 is 0.322 bits per heavy atom. The summed E-state index contributed by atoms with van der Waals surface area (Å²) in [6, 6.07) is 48.9. The van der Waals surface area contributed by atoms with E-state index in [1.165, 1.54) is 0 Å². The van der Waals surface area contributed by atoms with Crippen molar-refractivity contribution < 1.29 is 0 Å². The Morgan fingerprint density at radius 1 is 0.133 bits per heavy atom. The van der Waals surface area contributed by atoms with Crippen molar-refractivity contribution in [2.24, 2.45) is 0 Å². The van der Waals surface area contributed by atoms with Crippen LogP contribution in [0.1, 0.15) is 100 Å². The third kappa shape index (κ3) is 26.1. The lowest BCUT2D eigenvalue weighted by molar-refractivity contribution is 1.54. The molecule has 7 rings (SSSR count). The van der Waals surface area contributed by atoms with E-state index in [0.29, 0.717) is 0 Å². The largest absolute Gasteiger partial charge is 0.129 e. The zero-order chi connectivity index (χ0) is 65.3. The molecule has 0 aliphatic heterocycles. The van der Waals surface area contributed by atoms with Gasteiger partial charge in [0, 0.05) is 100 Å². The summed E-state index contributed by atoms with van der Waals surface area (Å²) in [5, 5.41) is 0. The normalized spacial score (nSPS) is 10.6. The molecule has 0 atom stereocenters. The molecule has 0 fully saturated rings. The molecule has 6 heteroatoms. The first-order valence-corrected chi connectivity index (χ1v) is 51.4. The topological polar surface area (TPSA) is 0 Å². The van der Waals surface area contributed by atoms with Crippen LogP contribution in [0, 0.1) is 140 Å². The molecular weight excluding hydrogens is 1180 g/mol. The Kier molecular flexibility index (Phi) is 22.5. The molecule has 0 saturated heterocycles. The minimum absolute atomic E-state index is 0.798. The summed E-state index contributed by atoms with van der Waals surface area (Å²) in [6.07, 6.45) is 0. The quantitative estimate of drug-likeness (QED) is 0.105. The minimum Gasteiger partial charge on any atom is -0.127 e. The van der Waals surface area contributed by atoms with Crippen LogP contribution >= 0.6 is 0 Å². The lowest BCUT2D eigenvalue weighted by Gasteiger charge is -2.05. The summed E-state index contributed by atoms with van der Waals surface area (Å²) in [5.41, 5.74) is 37.0. The van der Waals surface area contributed by atoms with Gasteiger partial charge in [-0.3, -0.25) is 0 Å². The maximum atomic E-state index is 3.50. The lowest BCUT2D eigenvalue weighted by atomic mass is 10.0. The summed E-state index contributed by atoms with van der Waals surface area (Å²) < 4.78 is 0. The molecule has 0 amide bonds. The van der Waals surface area contributed by atoms with Gasteiger partial charge in [0.05, 0.1) is 0 Å². The first-order valence-electron chi connectivity index (χ1n) is 30.4. The first-order chi connectivity index (χ1) is 42.2. The molecule has 0 N–H and O–H groups in total. The average Bonchev–Trinajstić information content (AvgIpc) is 1.28. The maximum Gasteiger partial charge on any atom is 0.129 e. The van der Waals surface area contributed by atoms with Gasteiger partial charge in [-0.25, -0.2) is 0 Å². The molecule has 438 valence electrons. The van der Waals surface area contributed by atoms with Crippen LogP contribution in [0.5, 0.6) is 0 Å². The highest BCUT2D eigenvalue weighted by molar-refractivity contribution is 6.85. The Morgan fingerprint density at radius 2 is 0.222 bits per heavy atom. The fourth-order valence-corrected chi connectivity index (χ4v) is 10.8. The molecule has 7 aromatic carbocycles. The highest BCUT2D eigenvalue weighted by atomic mass is 28.3. The number of hydrogen-bond donors (Lipinski definition) is 0. The Labute approximate surface area is 547 Å². The highest BCUT2D eigenvalue weighted by Crippen LogP contribution is 2.17. The van der Waals surface area contributed by atoms with Crippen LogP contribution in [0.4, 0.5) is 0 Å². The van der Waals surface area contributed by atoms with Crippen molar-refractivity contribution in [3.05, 3.63) is 246 Å². The van der Waals surface area contributed by atoms with Crippen molar-refractivity contribution in [3.63, 3.8) is 0 Å². The Balaban J connectivity index is 1.18. The van der Waals surface area contributed by atoms with Gasteiger partial charge < -0.3 is 0 Å². The summed E-state index contributed by atoms with van der Waals surface area (Å²) in [7, 11) is -9.47. The van der Waals surface area contributed by atoms with Gasteiger partial charge in [-0.05, 0) is 146 Å². The van der Waals surface area contributed by atoms with E-state index in [1.807, 2.05) is 91.0 Å². The van der Waals surface area contributed by atoms with E-state index in [1.54, 1.807) is 0 Å². The van der Waals surface area contributed by atoms with Crippen molar-refractivity contribution in [2.75, 3.05) is 0 Å². The minimum atomic E-state index is -1.58. The van der Waals surface area contributed by atoms with Gasteiger partial charge in [-0.15, -0.1) is 33.3 Å². The van der Waals surface area contributed by atoms with Gasteiger partial charge in [-0.1, -0.05) is 224 Å². The van der Waals surface area contributed by atoms with E-state index in [-0.39, 0.29) is 0 Å². The molecule has 0 radical (unpaired) electrons. The van der Waals surface area contributed by atoms with Crippen molar-refractivity contribution in [3.8, 4) is 140 Å². The predicted molar refractivity (Wildman–Crippen MR) is 402 cm³/mol. The van der Waals surface area contributed by atoms with Crippen molar-refractivity contribution in [1.82, 2.24) is 0 Å². The van der Waals surface area contributed by atoms with Gasteiger partial charge in [-0.2, -0.15) is 0 Å². The van der Waals surface area contributed by atoms with E-state index in [0.717, 1.165) is 100 Å². The van der Waals surface area contributed by atoms with Crippen molar-refractivity contribution >= 4 is 48.4 Å². The van der Waals surface area contributed by atoms with E-state index >= 15 is 0 Å². The van der Waals surface area contributed by atoms with Gasteiger partial charge in [0.1, 0.15) is 48.4 Å². The fraction of sp³-hybridized carbons (Fsp3) is 0.214. The van der Waals surface area contributed by atoms with Crippen molar-refractivity contribution in [1.29, 1.82) is 0 Å². The third-order valence-corrected chi connectivity index (χ3v) is 17.2. The smallest absolute Gasteiger partial charge is 0.127 e. The molecule has 0 heterocycles. The number of hydrogen-bond acceptors (Lipinski definition) is 0. The SMILES string of the molecule is C[Si](C)(C)C#Cc1cc(C#Cc2ccc(C#Cc3cc(C#Cc4ccc(C#Cc5cc(C#C[Si](C)(C)C)cc(C#C[Si](C)(C)C)c5)cc4)cc(C#Cc4ccc(C#Cc5cc(C#C[Si](C)(C)C)cc(C#C[Si](C)(C)C)c5)cc4)c3)cc2)cc(C#C[Si](C)(C)C)c1. The van der Waals surface area contributed by atoms with E-state index < -0.39 is 48.4 Å². The van der Waals surface area contributed by atoms with Crippen LogP contribution in [-0.2, 0) is 0 Å². The molecule has 90 heavy (non-hydrogen) atoms. The van der Waals surface area contributed by atoms with E-state index in [4.69, 9.17) is 0 Å². The monoisotopic (exact) mass is 1250 g/mol. The highest BCUT2D eigenvalue weighted by Gasteiger charge is 2.13. The van der Waals surface area contributed by atoms with Crippen LogP contribution < -0.4 is 0 Å². The Bertz CT molecular complexity index is 4080. The summed E-state index contributed by atoms with van der Waals surface area (Å²) in [5.74, 6) is 61.2. The van der Waals surface area contributed by atoms with Crippen LogP contribution in [-0.4, -0.2) is 48.4 Å². The molecule has 0 nitrogen and oxygen atoms in total. The van der Waals surface area contributed by atoms with E-state index in [9.17, 15) is 0 Å². The van der Waals surface area contributed by atoms with Crippen LogP contribution in [0.25, 0.3) is 0 Å². The molecule has 0 aromatic heterocycles. The molecular formula is C84H78Si6. The van der Waals surface area contributed by atoms with Gasteiger partial charge >= 0.3 is 0 Å². The number of rotatable bonds is 0. The second kappa shape index (κ2) is 29.7. The lowest BCUT2D eigenvalue weighted by Crippen LogP contribution is -2.16. The molecule has 0 unspecified atom stereocenters. The summed E-state index contributed by atoms with van der Waals surface area (Å²) >= 11 is 0. The summed E-state index contributed by atoms with van der Waals surface area (Å²) in [6.45, 7) is 40.6. The van der Waals surface area contributed by atoms with Gasteiger partial charge in [0.2, 0.25) is 0 Å². The summed E-state index contributed by atoms with van der Waals surface area (Å²) in [4.78, 5) is 0. The molecule has 0 aliphatic rings. The molecule has 7 aromatic rings. The molecule has 0 aliphatic carbocycles. The average molecular weight is 1260 g/mol. The Hall–Kier alpha value is -9.44. The zero-order valence-corrected chi connectivity index (χ0v) is 61.9. The van der Waals surface area contributed by atoms with Crippen molar-refractivity contribution in [2.45, 2.75) is 118 Å². The first kappa shape index (κ1) is 68.1. The van der Waals surface area contributed by atoms with Crippen LogP contribution in [0.15, 0.2) is 146 Å². The predicted octanol–water partition coefficient (Wildman–Crippen LogP) is 17.5. The second-order valence-corrected chi connectivity index (χ2v) is 56.9. The standard InChI is InChI=1S/C84H78Si6/c1-85(2,3)49-43-79-58-76(59-80(64-79)44-50-86(4,5)6)40-34-70-25-19-67(20-26-70)31-37-73-55-74(38-32-68-21-27-71(28-22-68)35-41-77-60-81(45-51-87(7,8)9)65-82(61-77)46-52-88(10,11)12)57-75(56-73)39-33-69-23-29-72(30-24-69)36-42-78-62-83(47-53-89(13,14)15)66-84(63-78)48-54-90(16,17)18/h19-30,55-66H,1-18H3. The fourth-order valence-electron chi connectivity index (χ4n) is 7.71. The number of benzene rings is 7. The second-order valence-electron chi connectivity index (χ2n) is 28.4. The zero-order valence-electron chi connectivity index (χ0n) is 55.9. The maximum absolute atomic E-state index is 3.50. The van der Waals surface area contributed by atoms with E-state index in [2.05, 4.69) is 312 Å².